The van der Waals surface area contributed by atoms with Gasteiger partial charge in [-0.1, -0.05) is 53.7 Å². The van der Waals surface area contributed by atoms with Crippen LogP contribution in [0.15, 0.2) is 12.2 Å². The number of ether oxygens (including phenoxy) is 1. The van der Waals surface area contributed by atoms with Crippen molar-refractivity contribution in [2.45, 2.75) is 72.3 Å². The molecule has 0 saturated heterocycles. The van der Waals surface area contributed by atoms with Gasteiger partial charge in [0.2, 0.25) is 0 Å². The zero-order valence-corrected chi connectivity index (χ0v) is 15.1. The van der Waals surface area contributed by atoms with Gasteiger partial charge in [-0.2, -0.15) is 0 Å². The van der Waals surface area contributed by atoms with Gasteiger partial charge in [-0.3, -0.25) is 0 Å². The summed E-state index contributed by atoms with van der Waals surface area (Å²) in [6.45, 7) is 13.9. The molecule has 0 N–H and O–H groups in total. The topological polar surface area (TPSA) is 9.23 Å². The van der Waals surface area contributed by atoms with Gasteiger partial charge in [-0.15, -0.1) is 11.8 Å². The molecular formula is C18H34OS. The van der Waals surface area contributed by atoms with E-state index < -0.39 is 0 Å². The molecule has 2 heteroatoms. The number of rotatable bonds is 3. The third-order valence-electron chi connectivity index (χ3n) is 4.14. The third kappa shape index (κ3) is 5.81. The Morgan fingerprint density at radius 3 is 2.20 bits per heavy atom. The van der Waals surface area contributed by atoms with Gasteiger partial charge in [-0.05, 0) is 48.7 Å². The summed E-state index contributed by atoms with van der Waals surface area (Å²) in [5, 5.41) is 0. The van der Waals surface area contributed by atoms with Crippen LogP contribution in [0, 0.1) is 23.7 Å². The van der Waals surface area contributed by atoms with Crippen molar-refractivity contribution in [3.05, 3.63) is 12.2 Å². The Bertz CT molecular complexity index is 283. The largest absolute Gasteiger partial charge is 0.364 e. The van der Waals surface area contributed by atoms with E-state index in [9.17, 15) is 0 Å². The lowest BCUT2D eigenvalue weighted by molar-refractivity contribution is -0.0561. The summed E-state index contributed by atoms with van der Waals surface area (Å²) in [6, 6.07) is 0. The minimum atomic E-state index is 0.349. The molecule has 1 nitrogen and oxygen atoms in total. The zero-order chi connectivity index (χ0) is 15.1. The number of hydrogen-bond acceptors (Lipinski definition) is 2. The monoisotopic (exact) mass is 298 g/mol. The van der Waals surface area contributed by atoms with Crippen molar-refractivity contribution in [1.82, 2.24) is 0 Å². The van der Waals surface area contributed by atoms with Crippen LogP contribution in [0.4, 0.5) is 0 Å². The maximum atomic E-state index is 6.61. The van der Waals surface area contributed by atoms with Gasteiger partial charge in [0.25, 0.3) is 0 Å². The Morgan fingerprint density at radius 2 is 1.65 bits per heavy atom. The van der Waals surface area contributed by atoms with E-state index in [1.54, 1.807) is 0 Å². The summed E-state index contributed by atoms with van der Waals surface area (Å²) in [7, 11) is 0. The summed E-state index contributed by atoms with van der Waals surface area (Å²) < 4.78 is 6.61. The summed E-state index contributed by atoms with van der Waals surface area (Å²) in [4.78, 5) is 0. The molecule has 1 heterocycles. The first-order valence-electron chi connectivity index (χ1n) is 8.35. The van der Waals surface area contributed by atoms with Crippen LogP contribution in [-0.4, -0.2) is 17.3 Å². The van der Waals surface area contributed by atoms with Gasteiger partial charge in [0.05, 0.1) is 6.10 Å². The van der Waals surface area contributed by atoms with Crippen LogP contribution >= 0.6 is 11.8 Å². The Hall–Kier alpha value is 0.0500. The maximum absolute atomic E-state index is 6.61. The highest BCUT2D eigenvalue weighted by Gasteiger charge is 2.30. The molecule has 1 aliphatic heterocycles. The van der Waals surface area contributed by atoms with Crippen LogP contribution in [0.3, 0.4) is 0 Å². The molecule has 0 fully saturated rings. The van der Waals surface area contributed by atoms with Gasteiger partial charge in [0.1, 0.15) is 5.44 Å². The van der Waals surface area contributed by atoms with Crippen LogP contribution in [0.2, 0.25) is 0 Å². The summed E-state index contributed by atoms with van der Waals surface area (Å²) >= 11 is 2.02. The average molecular weight is 299 g/mol. The van der Waals surface area contributed by atoms with E-state index in [1.807, 2.05) is 11.8 Å². The Balaban J connectivity index is 2.91. The summed E-state index contributed by atoms with van der Waals surface area (Å²) in [6.07, 6.45) is 8.79. The lowest BCUT2D eigenvalue weighted by Crippen LogP contribution is -2.36. The second-order valence-corrected chi connectivity index (χ2v) is 8.29. The van der Waals surface area contributed by atoms with Crippen molar-refractivity contribution in [3.63, 3.8) is 0 Å². The highest BCUT2D eigenvalue weighted by atomic mass is 32.2. The Morgan fingerprint density at radius 1 is 0.950 bits per heavy atom. The number of allylic oxidation sites excluding steroid dienone is 2. The van der Waals surface area contributed by atoms with E-state index in [2.05, 4.69) is 53.7 Å². The molecule has 0 radical (unpaired) electrons. The molecule has 0 amide bonds. The van der Waals surface area contributed by atoms with E-state index >= 15 is 0 Å². The van der Waals surface area contributed by atoms with Gasteiger partial charge in [-0.25, -0.2) is 0 Å². The lowest BCUT2D eigenvalue weighted by atomic mass is 9.82. The standard InChI is InChI=1S/C18H34OS/c1-13(2)16-11-9-7-8-10-12-20-18(15(5)6)19-17(16)14(3)4/h7,9,13-18H,8,10-12H2,1-6H3/b9-7-. The third-order valence-corrected chi connectivity index (χ3v) is 5.65. The molecular weight excluding hydrogens is 264 g/mol. The molecule has 3 atom stereocenters. The minimum absolute atomic E-state index is 0.349. The maximum Gasteiger partial charge on any atom is 0.105 e. The number of thioether (sulfide) groups is 1. The smallest absolute Gasteiger partial charge is 0.105 e. The van der Waals surface area contributed by atoms with Crippen molar-refractivity contribution in [3.8, 4) is 0 Å². The van der Waals surface area contributed by atoms with Gasteiger partial charge < -0.3 is 4.74 Å². The van der Waals surface area contributed by atoms with Crippen molar-refractivity contribution >= 4 is 11.8 Å². The van der Waals surface area contributed by atoms with Crippen molar-refractivity contribution in [1.29, 1.82) is 0 Å². The van der Waals surface area contributed by atoms with Gasteiger partial charge in [0.15, 0.2) is 0 Å². The zero-order valence-electron chi connectivity index (χ0n) is 14.3. The SMILES string of the molecule is CC(C)C1OC(C(C)C)C(C(C)C)C/C=C\CCCS1. The molecule has 20 heavy (non-hydrogen) atoms. The highest BCUT2D eigenvalue weighted by molar-refractivity contribution is 7.99. The molecule has 0 spiro atoms. The Kier molecular flexibility index (Phi) is 8.28. The Labute approximate surface area is 130 Å². The quantitative estimate of drug-likeness (QED) is 0.613. The first-order chi connectivity index (χ1) is 9.43. The molecule has 0 bridgehead atoms. The summed E-state index contributed by atoms with van der Waals surface area (Å²) in [5.41, 5.74) is 0.349. The van der Waals surface area contributed by atoms with Crippen molar-refractivity contribution in [2.75, 3.05) is 5.75 Å². The fraction of sp³-hybridized carbons (Fsp3) is 0.889. The van der Waals surface area contributed by atoms with Crippen molar-refractivity contribution in [2.24, 2.45) is 23.7 Å². The van der Waals surface area contributed by atoms with Crippen LogP contribution in [-0.2, 0) is 4.74 Å². The molecule has 0 aliphatic carbocycles. The second kappa shape index (κ2) is 9.15. The van der Waals surface area contributed by atoms with Gasteiger partial charge >= 0.3 is 0 Å². The van der Waals surface area contributed by atoms with E-state index in [4.69, 9.17) is 4.74 Å². The first kappa shape index (κ1) is 18.1. The molecule has 0 aromatic heterocycles. The van der Waals surface area contributed by atoms with E-state index in [0.717, 1.165) is 6.42 Å². The number of hydrogen-bond donors (Lipinski definition) is 0. The molecule has 0 saturated carbocycles. The van der Waals surface area contributed by atoms with E-state index in [0.29, 0.717) is 35.2 Å². The van der Waals surface area contributed by atoms with Gasteiger partial charge in [0, 0.05) is 0 Å². The predicted molar refractivity (Wildman–Crippen MR) is 92.1 cm³/mol. The highest BCUT2D eigenvalue weighted by Crippen LogP contribution is 2.33. The fourth-order valence-corrected chi connectivity index (χ4v) is 4.01. The minimum Gasteiger partial charge on any atom is -0.364 e. The molecule has 3 unspecified atom stereocenters. The van der Waals surface area contributed by atoms with Crippen LogP contribution in [0.1, 0.15) is 60.8 Å². The molecule has 0 aromatic carbocycles. The lowest BCUT2D eigenvalue weighted by Gasteiger charge is -2.36. The van der Waals surface area contributed by atoms with E-state index in [1.165, 1.54) is 18.6 Å². The second-order valence-electron chi connectivity index (χ2n) is 7.09. The molecule has 118 valence electrons. The predicted octanol–water partition coefficient (Wildman–Crippen LogP) is 5.76. The van der Waals surface area contributed by atoms with Crippen LogP contribution < -0.4 is 0 Å². The average Bonchev–Trinajstić information content (AvgIpc) is 2.40. The van der Waals surface area contributed by atoms with E-state index in [-0.39, 0.29) is 0 Å². The van der Waals surface area contributed by atoms with Crippen molar-refractivity contribution < 1.29 is 4.74 Å². The van der Waals surface area contributed by atoms with Crippen LogP contribution in [0.25, 0.3) is 0 Å². The summed E-state index contributed by atoms with van der Waals surface area (Å²) in [5.74, 6) is 3.68. The molecule has 1 rings (SSSR count). The fourth-order valence-electron chi connectivity index (χ4n) is 2.85. The molecule has 0 aromatic rings. The van der Waals surface area contributed by atoms with Crippen LogP contribution in [0.5, 0.6) is 0 Å². The molecule has 1 aliphatic rings. The normalized spacial score (nSPS) is 31.6. The first-order valence-corrected chi connectivity index (χ1v) is 9.40.